The summed E-state index contributed by atoms with van der Waals surface area (Å²) < 4.78 is 51.6. The minimum absolute atomic E-state index is 0.304. The molecular weight excluding hydrogens is 198 g/mol. The first kappa shape index (κ1) is 11.0. The maximum absolute atomic E-state index is 13.5. The summed E-state index contributed by atoms with van der Waals surface area (Å²) >= 11 is 0. The van der Waals surface area contributed by atoms with Gasteiger partial charge in [0.15, 0.2) is 11.6 Å². The summed E-state index contributed by atoms with van der Waals surface area (Å²) in [5, 5.41) is 0. The van der Waals surface area contributed by atoms with E-state index in [1.807, 2.05) is 0 Å². The van der Waals surface area contributed by atoms with Crippen LogP contribution < -0.4 is 5.73 Å². The molecule has 0 saturated carbocycles. The van der Waals surface area contributed by atoms with Crippen molar-refractivity contribution in [3.8, 4) is 0 Å². The zero-order valence-electron chi connectivity index (χ0n) is 7.45. The number of hydrogen-bond acceptors (Lipinski definition) is 1. The van der Waals surface area contributed by atoms with Gasteiger partial charge in [-0.25, -0.2) is 17.6 Å². The van der Waals surface area contributed by atoms with Gasteiger partial charge in [0, 0.05) is 18.2 Å². The third-order valence-electron chi connectivity index (χ3n) is 1.95. The Labute approximate surface area is 78.5 Å². The predicted octanol–water partition coefficient (Wildman–Crippen LogP) is 2.25. The van der Waals surface area contributed by atoms with Crippen molar-refractivity contribution >= 4 is 0 Å². The van der Waals surface area contributed by atoms with Gasteiger partial charge >= 0.3 is 0 Å². The summed E-state index contributed by atoms with van der Waals surface area (Å²) in [6, 6.07) is 0.787. The van der Waals surface area contributed by atoms with Crippen LogP contribution in [0, 0.1) is 17.5 Å². The third-order valence-corrected chi connectivity index (χ3v) is 1.95. The average molecular weight is 207 g/mol. The molecule has 0 amide bonds. The molecule has 0 fully saturated rings. The van der Waals surface area contributed by atoms with Crippen LogP contribution in [0.4, 0.5) is 17.6 Å². The Morgan fingerprint density at radius 1 is 1.14 bits per heavy atom. The largest absolute Gasteiger partial charge is 0.327 e. The molecule has 1 aromatic carbocycles. The minimum atomic E-state index is -2.20. The van der Waals surface area contributed by atoms with Crippen molar-refractivity contribution in [2.45, 2.75) is 12.6 Å². The molecule has 1 nitrogen and oxygen atoms in total. The quantitative estimate of drug-likeness (QED) is 0.584. The second kappa shape index (κ2) is 3.57. The Morgan fingerprint density at radius 2 is 1.64 bits per heavy atom. The molecule has 0 heterocycles. The van der Waals surface area contributed by atoms with Crippen LogP contribution >= 0.6 is 0 Å². The van der Waals surface area contributed by atoms with Crippen molar-refractivity contribution in [3.05, 3.63) is 35.1 Å². The van der Waals surface area contributed by atoms with Gasteiger partial charge in [-0.05, 0) is 13.0 Å². The van der Waals surface area contributed by atoms with Gasteiger partial charge in [0.05, 0.1) is 0 Å². The SMILES string of the molecule is CC(F)(CN)c1cc(F)c(F)cc1F. The molecule has 5 heteroatoms. The highest BCUT2D eigenvalue weighted by Crippen LogP contribution is 2.28. The number of hydrogen-bond donors (Lipinski definition) is 1. The van der Waals surface area contributed by atoms with E-state index in [0.717, 1.165) is 6.92 Å². The Bertz CT molecular complexity index is 349. The molecule has 0 saturated heterocycles. The van der Waals surface area contributed by atoms with E-state index in [9.17, 15) is 17.6 Å². The molecule has 78 valence electrons. The van der Waals surface area contributed by atoms with Crippen LogP contribution in [-0.2, 0) is 5.67 Å². The summed E-state index contributed by atoms with van der Waals surface area (Å²) in [4.78, 5) is 0. The minimum Gasteiger partial charge on any atom is -0.327 e. The van der Waals surface area contributed by atoms with Crippen molar-refractivity contribution in [1.29, 1.82) is 0 Å². The van der Waals surface area contributed by atoms with E-state index in [0.29, 0.717) is 12.1 Å². The molecule has 1 atom stereocenters. The highest BCUT2D eigenvalue weighted by Gasteiger charge is 2.28. The zero-order valence-corrected chi connectivity index (χ0v) is 7.45. The van der Waals surface area contributed by atoms with Crippen LogP contribution in [0.5, 0.6) is 0 Å². The Hall–Kier alpha value is -1.10. The van der Waals surface area contributed by atoms with Gasteiger partial charge in [-0.3, -0.25) is 0 Å². The fraction of sp³-hybridized carbons (Fsp3) is 0.333. The molecule has 0 radical (unpaired) electrons. The lowest BCUT2D eigenvalue weighted by atomic mass is 9.97. The fourth-order valence-electron chi connectivity index (χ4n) is 1.03. The van der Waals surface area contributed by atoms with Crippen molar-refractivity contribution in [2.24, 2.45) is 5.73 Å². The predicted molar refractivity (Wildman–Crippen MR) is 43.8 cm³/mol. The first-order valence-electron chi connectivity index (χ1n) is 3.92. The van der Waals surface area contributed by atoms with Gasteiger partial charge in [0.25, 0.3) is 0 Å². The second-order valence-electron chi connectivity index (χ2n) is 3.15. The second-order valence-corrected chi connectivity index (χ2v) is 3.15. The molecule has 0 spiro atoms. The van der Waals surface area contributed by atoms with E-state index in [4.69, 9.17) is 5.73 Å². The van der Waals surface area contributed by atoms with Gasteiger partial charge in [-0.2, -0.15) is 0 Å². The standard InChI is InChI=1S/C9H9F4N/c1-9(13,4-14)5-2-7(11)8(12)3-6(5)10/h2-3H,4,14H2,1H3. The molecule has 1 unspecified atom stereocenters. The third kappa shape index (κ3) is 1.87. The summed E-state index contributed by atoms with van der Waals surface area (Å²) in [6.45, 7) is 0.498. The molecule has 0 bridgehead atoms. The maximum Gasteiger partial charge on any atom is 0.161 e. The number of rotatable bonds is 2. The van der Waals surface area contributed by atoms with Gasteiger partial charge in [0.2, 0.25) is 0 Å². The molecule has 0 aliphatic rings. The van der Waals surface area contributed by atoms with E-state index in [-0.39, 0.29) is 0 Å². The molecular formula is C9H9F4N. The topological polar surface area (TPSA) is 26.0 Å². The van der Waals surface area contributed by atoms with Crippen molar-refractivity contribution in [3.63, 3.8) is 0 Å². The number of benzene rings is 1. The molecule has 0 aliphatic carbocycles. The zero-order chi connectivity index (χ0) is 10.9. The first-order chi connectivity index (χ1) is 6.38. The van der Waals surface area contributed by atoms with Crippen molar-refractivity contribution in [1.82, 2.24) is 0 Å². The summed E-state index contributed by atoms with van der Waals surface area (Å²) in [5.74, 6) is -3.78. The lowest BCUT2D eigenvalue weighted by Crippen LogP contribution is -2.28. The van der Waals surface area contributed by atoms with Crippen LogP contribution in [-0.4, -0.2) is 6.54 Å². The highest BCUT2D eigenvalue weighted by molar-refractivity contribution is 5.26. The lowest BCUT2D eigenvalue weighted by molar-refractivity contribution is 0.195. The molecule has 0 aliphatic heterocycles. The fourth-order valence-corrected chi connectivity index (χ4v) is 1.03. The monoisotopic (exact) mass is 207 g/mol. The molecule has 0 aromatic heterocycles. The van der Waals surface area contributed by atoms with E-state index >= 15 is 0 Å². The van der Waals surface area contributed by atoms with E-state index < -0.39 is 35.2 Å². The van der Waals surface area contributed by atoms with Crippen LogP contribution in [0.15, 0.2) is 12.1 Å². The lowest BCUT2D eigenvalue weighted by Gasteiger charge is -2.19. The van der Waals surface area contributed by atoms with Crippen LogP contribution in [0.3, 0.4) is 0 Å². The summed E-state index contributed by atoms with van der Waals surface area (Å²) in [5.41, 5.74) is 2.27. The number of halogens is 4. The van der Waals surface area contributed by atoms with Gasteiger partial charge in [-0.1, -0.05) is 0 Å². The Kier molecular flexibility index (Phi) is 2.80. The number of nitrogens with two attached hydrogens (primary N) is 1. The molecule has 14 heavy (non-hydrogen) atoms. The van der Waals surface area contributed by atoms with Crippen LogP contribution in [0.1, 0.15) is 12.5 Å². The Morgan fingerprint density at radius 3 is 2.14 bits per heavy atom. The molecule has 2 N–H and O–H groups in total. The van der Waals surface area contributed by atoms with Crippen LogP contribution in [0.2, 0.25) is 0 Å². The van der Waals surface area contributed by atoms with Gasteiger partial charge < -0.3 is 5.73 Å². The number of alkyl halides is 1. The normalized spacial score (nSPS) is 15.3. The summed E-state index contributed by atoms with van der Waals surface area (Å²) in [6.07, 6.45) is 0. The molecule has 1 aromatic rings. The van der Waals surface area contributed by atoms with Gasteiger partial charge in [-0.15, -0.1) is 0 Å². The molecule has 1 rings (SSSR count). The van der Waals surface area contributed by atoms with Crippen molar-refractivity contribution in [2.75, 3.05) is 6.54 Å². The van der Waals surface area contributed by atoms with E-state index in [2.05, 4.69) is 0 Å². The average Bonchev–Trinajstić information content (AvgIpc) is 2.11. The van der Waals surface area contributed by atoms with Gasteiger partial charge in [0.1, 0.15) is 11.5 Å². The maximum atomic E-state index is 13.5. The van der Waals surface area contributed by atoms with E-state index in [1.165, 1.54) is 0 Å². The smallest absolute Gasteiger partial charge is 0.161 e. The van der Waals surface area contributed by atoms with Crippen LogP contribution in [0.25, 0.3) is 0 Å². The first-order valence-corrected chi connectivity index (χ1v) is 3.92. The van der Waals surface area contributed by atoms with E-state index in [1.54, 1.807) is 0 Å². The Balaban J connectivity index is 3.29. The van der Waals surface area contributed by atoms with Crippen molar-refractivity contribution < 1.29 is 17.6 Å². The summed E-state index contributed by atoms with van der Waals surface area (Å²) in [7, 11) is 0. The highest BCUT2D eigenvalue weighted by atomic mass is 19.2.